The molecule has 1 aliphatic heterocycles. The largest absolute Gasteiger partial charge is 0.497 e. The monoisotopic (exact) mass is 628 g/mol. The number of nitrogens with zero attached hydrogens (tertiary/aromatic N) is 3. The van der Waals surface area contributed by atoms with Crippen LogP contribution < -0.4 is 19.7 Å². The topological polar surface area (TPSA) is 84.0 Å². The molecule has 8 nitrogen and oxygen atoms in total. The van der Waals surface area contributed by atoms with Gasteiger partial charge in [-0.05, 0) is 79.7 Å². The van der Waals surface area contributed by atoms with Crippen LogP contribution in [0.25, 0.3) is 0 Å². The number of hydrogen-bond donors (Lipinski definition) is 1. The number of hydrogen-bond acceptors (Lipinski definition) is 6. The summed E-state index contributed by atoms with van der Waals surface area (Å²) >= 11 is 0. The molecule has 0 spiro atoms. The average Bonchev–Trinajstić information content (AvgIpc) is 3.07. The summed E-state index contributed by atoms with van der Waals surface area (Å²) < 4.78 is 51.9. The number of methoxy groups -OCH3 is 1. The number of anilines is 2. The van der Waals surface area contributed by atoms with Crippen LogP contribution in [0.5, 0.6) is 11.5 Å². The van der Waals surface area contributed by atoms with Gasteiger partial charge in [-0.1, -0.05) is 11.8 Å². The summed E-state index contributed by atoms with van der Waals surface area (Å²) in [6, 6.07) is 18.9. The number of rotatable bonds is 7. The van der Waals surface area contributed by atoms with Crippen LogP contribution in [0.2, 0.25) is 0 Å². The van der Waals surface area contributed by atoms with Gasteiger partial charge in [0.15, 0.2) is 0 Å². The zero-order valence-corrected chi connectivity index (χ0v) is 25.2. The molecule has 0 radical (unpaired) electrons. The molecular formula is C35H31F3N4O4. The third kappa shape index (κ3) is 7.95. The van der Waals surface area contributed by atoms with Crippen LogP contribution >= 0.6 is 0 Å². The molecule has 3 aromatic carbocycles. The Morgan fingerprint density at radius 2 is 1.54 bits per heavy atom. The van der Waals surface area contributed by atoms with Gasteiger partial charge >= 0.3 is 6.18 Å². The van der Waals surface area contributed by atoms with E-state index in [9.17, 15) is 22.8 Å². The molecule has 0 bridgehead atoms. The lowest BCUT2D eigenvalue weighted by Crippen LogP contribution is -2.48. The molecule has 0 atom stereocenters. The van der Waals surface area contributed by atoms with E-state index in [1.165, 1.54) is 23.4 Å². The van der Waals surface area contributed by atoms with Crippen LogP contribution in [-0.4, -0.2) is 61.6 Å². The number of benzene rings is 3. The number of aromatic nitrogens is 1. The summed E-state index contributed by atoms with van der Waals surface area (Å²) in [5.74, 6) is 5.99. The molecule has 4 aromatic rings. The highest BCUT2D eigenvalue weighted by molar-refractivity contribution is 6.04. The van der Waals surface area contributed by atoms with E-state index >= 15 is 0 Å². The Morgan fingerprint density at radius 1 is 0.848 bits per heavy atom. The minimum Gasteiger partial charge on any atom is -0.497 e. The number of halogens is 3. The van der Waals surface area contributed by atoms with Crippen molar-refractivity contribution in [2.24, 2.45) is 0 Å². The number of alkyl halides is 3. The highest BCUT2D eigenvalue weighted by Crippen LogP contribution is 2.31. The van der Waals surface area contributed by atoms with E-state index in [0.717, 1.165) is 17.8 Å². The van der Waals surface area contributed by atoms with Crippen LogP contribution in [0.1, 0.15) is 44.3 Å². The van der Waals surface area contributed by atoms with E-state index in [1.54, 1.807) is 49.6 Å². The van der Waals surface area contributed by atoms with Crippen molar-refractivity contribution in [2.75, 3.05) is 50.1 Å². The van der Waals surface area contributed by atoms with Crippen molar-refractivity contribution in [1.29, 1.82) is 0 Å². The second-order valence-electron chi connectivity index (χ2n) is 10.4. The van der Waals surface area contributed by atoms with E-state index in [2.05, 4.69) is 27.0 Å². The van der Waals surface area contributed by atoms with Crippen LogP contribution in [0.4, 0.5) is 24.5 Å². The number of amides is 2. The lowest BCUT2D eigenvalue weighted by atomic mass is 10.0. The highest BCUT2D eigenvalue weighted by atomic mass is 19.4. The first-order chi connectivity index (χ1) is 22.1. The molecule has 2 heterocycles. The van der Waals surface area contributed by atoms with Crippen molar-refractivity contribution < 1.29 is 32.2 Å². The quantitative estimate of drug-likeness (QED) is 0.248. The molecule has 0 aliphatic carbocycles. The standard InChI is InChI=1S/C35H31F3N4O4/c1-3-46-32-20-25(22-39-23-32)5-4-24-18-27(21-28(19-24)35(36,37)38)34(44)42-16-14-41(15-17-42)30-10-6-26(7-11-30)33(43)40-29-8-12-31(45-2)13-9-29/h6-13,18-23H,3,14-17H2,1-2H3,(H,40,43). The summed E-state index contributed by atoms with van der Waals surface area (Å²) in [5, 5.41) is 2.84. The third-order valence-electron chi connectivity index (χ3n) is 7.29. The van der Waals surface area contributed by atoms with Crippen molar-refractivity contribution in [2.45, 2.75) is 13.1 Å². The Balaban J connectivity index is 1.24. The molecule has 1 aliphatic rings. The fraction of sp³-hybridized carbons (Fsp3) is 0.229. The fourth-order valence-corrected chi connectivity index (χ4v) is 4.92. The van der Waals surface area contributed by atoms with Crippen LogP contribution in [0, 0.1) is 11.8 Å². The van der Waals surface area contributed by atoms with Gasteiger partial charge < -0.3 is 24.6 Å². The Kier molecular flexibility index (Phi) is 9.76. The molecule has 1 aromatic heterocycles. The first kappa shape index (κ1) is 31.9. The van der Waals surface area contributed by atoms with Gasteiger partial charge in [-0.2, -0.15) is 13.2 Å². The van der Waals surface area contributed by atoms with Crippen molar-refractivity contribution in [3.63, 3.8) is 0 Å². The lowest BCUT2D eigenvalue weighted by molar-refractivity contribution is -0.137. The maximum atomic E-state index is 13.8. The zero-order chi connectivity index (χ0) is 32.7. The van der Waals surface area contributed by atoms with Crippen LogP contribution in [0.15, 0.2) is 85.2 Å². The van der Waals surface area contributed by atoms with Gasteiger partial charge in [0.1, 0.15) is 11.5 Å². The van der Waals surface area contributed by atoms with Crippen molar-refractivity contribution >= 4 is 23.2 Å². The van der Waals surface area contributed by atoms with Crippen LogP contribution in [-0.2, 0) is 6.18 Å². The molecular weight excluding hydrogens is 597 g/mol. The first-order valence-corrected chi connectivity index (χ1v) is 14.5. The Hall–Kier alpha value is -5.50. The van der Waals surface area contributed by atoms with Gasteiger partial charge in [-0.25, -0.2) is 0 Å². The summed E-state index contributed by atoms with van der Waals surface area (Å²) in [4.78, 5) is 33.7. The summed E-state index contributed by atoms with van der Waals surface area (Å²) in [6.07, 6.45) is -1.65. The maximum absolute atomic E-state index is 13.8. The first-order valence-electron chi connectivity index (χ1n) is 14.5. The fourth-order valence-electron chi connectivity index (χ4n) is 4.92. The molecule has 5 rings (SSSR count). The molecule has 236 valence electrons. The molecule has 0 unspecified atom stereocenters. The van der Waals surface area contributed by atoms with E-state index in [0.29, 0.717) is 61.1 Å². The van der Waals surface area contributed by atoms with Gasteiger partial charge in [-0.3, -0.25) is 14.6 Å². The second kappa shape index (κ2) is 14.1. The third-order valence-corrected chi connectivity index (χ3v) is 7.29. The Bertz CT molecular complexity index is 1760. The molecule has 1 fully saturated rings. The van der Waals surface area contributed by atoms with Gasteiger partial charge in [0.25, 0.3) is 11.8 Å². The second-order valence-corrected chi connectivity index (χ2v) is 10.4. The molecule has 11 heteroatoms. The van der Waals surface area contributed by atoms with Gasteiger partial charge in [0.05, 0.1) is 25.5 Å². The molecule has 1 saturated heterocycles. The number of carbonyl (C=O) groups is 2. The number of carbonyl (C=O) groups excluding carboxylic acids is 2. The number of ether oxygens (including phenoxy) is 2. The van der Waals surface area contributed by atoms with E-state index in [-0.39, 0.29) is 17.0 Å². The molecule has 46 heavy (non-hydrogen) atoms. The summed E-state index contributed by atoms with van der Waals surface area (Å²) in [6.45, 7) is 3.82. The predicted octanol–water partition coefficient (Wildman–Crippen LogP) is 6.12. The SMILES string of the molecule is CCOc1cncc(C#Cc2cc(C(=O)N3CCN(c4ccc(C(=O)Nc5ccc(OC)cc5)cc4)CC3)cc(C(F)(F)F)c2)c1. The number of pyridine rings is 1. The summed E-state index contributed by atoms with van der Waals surface area (Å²) in [7, 11) is 1.57. The zero-order valence-electron chi connectivity index (χ0n) is 25.2. The minimum atomic E-state index is -4.65. The van der Waals surface area contributed by atoms with E-state index in [4.69, 9.17) is 9.47 Å². The Labute approximate surface area is 264 Å². The molecule has 0 saturated carbocycles. The van der Waals surface area contributed by atoms with Gasteiger partial charge in [0.2, 0.25) is 0 Å². The van der Waals surface area contributed by atoms with E-state index in [1.807, 2.05) is 19.1 Å². The number of nitrogens with one attached hydrogen (secondary N) is 1. The predicted molar refractivity (Wildman–Crippen MR) is 168 cm³/mol. The molecule has 1 N–H and O–H groups in total. The Morgan fingerprint density at radius 3 is 2.20 bits per heavy atom. The van der Waals surface area contributed by atoms with Crippen LogP contribution in [0.3, 0.4) is 0 Å². The normalized spacial score (nSPS) is 13.0. The van der Waals surface area contributed by atoms with E-state index < -0.39 is 17.6 Å². The minimum absolute atomic E-state index is 0.0646. The van der Waals surface area contributed by atoms with Crippen molar-refractivity contribution in [3.8, 4) is 23.3 Å². The molecule has 2 amide bonds. The smallest absolute Gasteiger partial charge is 0.416 e. The van der Waals surface area contributed by atoms with Crippen molar-refractivity contribution in [1.82, 2.24) is 9.88 Å². The summed E-state index contributed by atoms with van der Waals surface area (Å²) in [5.41, 5.74) is 1.50. The maximum Gasteiger partial charge on any atom is 0.416 e. The lowest BCUT2D eigenvalue weighted by Gasteiger charge is -2.36. The van der Waals surface area contributed by atoms with Gasteiger partial charge in [-0.15, -0.1) is 0 Å². The number of piperazine rings is 1. The van der Waals surface area contributed by atoms with Gasteiger partial charge in [0, 0.05) is 66.0 Å². The average molecular weight is 629 g/mol. The van der Waals surface area contributed by atoms with Crippen molar-refractivity contribution in [3.05, 3.63) is 113 Å². The highest BCUT2D eigenvalue weighted by Gasteiger charge is 2.32.